The second-order valence-electron chi connectivity index (χ2n) is 7.54. The summed E-state index contributed by atoms with van der Waals surface area (Å²) in [6, 6.07) is 16.2. The highest BCUT2D eigenvalue weighted by Gasteiger charge is 2.16. The zero-order chi connectivity index (χ0) is 21.3. The van der Waals surface area contributed by atoms with E-state index in [2.05, 4.69) is 19.2 Å². The first-order chi connectivity index (χ1) is 14.4. The summed E-state index contributed by atoms with van der Waals surface area (Å²) >= 11 is 6.29. The van der Waals surface area contributed by atoms with Gasteiger partial charge in [-0.15, -0.1) is 0 Å². The summed E-state index contributed by atoms with van der Waals surface area (Å²) in [7, 11) is 0. The lowest BCUT2D eigenvalue weighted by Gasteiger charge is -2.04. The molecule has 0 radical (unpaired) electrons. The molecule has 6 heteroatoms. The third kappa shape index (κ3) is 4.27. The highest BCUT2D eigenvalue weighted by Crippen LogP contribution is 2.31. The van der Waals surface area contributed by atoms with Gasteiger partial charge in [-0.05, 0) is 48.0 Å². The molecule has 0 fully saturated rings. The second kappa shape index (κ2) is 8.38. The van der Waals surface area contributed by atoms with Crippen molar-refractivity contribution in [2.24, 2.45) is 0 Å². The average molecular weight is 424 g/mol. The Labute approximate surface area is 179 Å². The number of anilines is 1. The maximum Gasteiger partial charge on any atom is 0.291 e. The summed E-state index contributed by atoms with van der Waals surface area (Å²) in [6.07, 6.45) is 0.459. The fourth-order valence-electron chi connectivity index (χ4n) is 3.29. The van der Waals surface area contributed by atoms with E-state index in [0.717, 1.165) is 27.9 Å². The predicted molar refractivity (Wildman–Crippen MR) is 117 cm³/mol. The van der Waals surface area contributed by atoms with E-state index in [9.17, 15) is 4.79 Å². The third-order valence-electron chi connectivity index (χ3n) is 4.89. The highest BCUT2D eigenvalue weighted by molar-refractivity contribution is 6.31. The first kappa shape index (κ1) is 20.3. The molecule has 0 aliphatic heterocycles. The molecule has 0 spiro atoms. The summed E-state index contributed by atoms with van der Waals surface area (Å²) in [5.41, 5.74) is 3.10. The molecular formula is C24H22ClNO4. The van der Waals surface area contributed by atoms with Gasteiger partial charge in [0.1, 0.15) is 17.1 Å². The van der Waals surface area contributed by atoms with Crippen molar-refractivity contribution >= 4 is 34.2 Å². The molecule has 1 amide bonds. The summed E-state index contributed by atoms with van der Waals surface area (Å²) < 4.78 is 11.8. The summed E-state index contributed by atoms with van der Waals surface area (Å²) in [5.74, 6) is 1.70. The summed E-state index contributed by atoms with van der Waals surface area (Å²) in [4.78, 5) is 12.5. The van der Waals surface area contributed by atoms with Crippen LogP contribution in [0.4, 0.5) is 5.69 Å². The van der Waals surface area contributed by atoms with Crippen molar-refractivity contribution in [3.8, 4) is 0 Å². The van der Waals surface area contributed by atoms with Gasteiger partial charge in [-0.25, -0.2) is 0 Å². The molecule has 2 aromatic heterocycles. The van der Waals surface area contributed by atoms with Crippen molar-refractivity contribution in [3.63, 3.8) is 0 Å². The van der Waals surface area contributed by atoms with E-state index in [1.165, 1.54) is 0 Å². The van der Waals surface area contributed by atoms with E-state index in [4.69, 9.17) is 25.5 Å². The third-order valence-corrected chi connectivity index (χ3v) is 5.11. The second-order valence-corrected chi connectivity index (χ2v) is 7.98. The predicted octanol–water partition coefficient (Wildman–Crippen LogP) is 6.14. The van der Waals surface area contributed by atoms with Crippen LogP contribution in [0, 0.1) is 0 Å². The number of furan rings is 2. The largest absolute Gasteiger partial charge is 0.461 e. The van der Waals surface area contributed by atoms with E-state index < -0.39 is 0 Å². The number of benzene rings is 2. The first-order valence-corrected chi connectivity index (χ1v) is 10.1. The standard InChI is InChI=1S/C24H22ClNO4/c1-14(2)22-12-17-10-18(25)9-16(23(17)30-22)11-20-7-8-21(29-20)24(28)26-19-5-3-15(13-27)4-6-19/h3-10,12,14,27H,11,13H2,1-2H3,(H,26,28). The van der Waals surface area contributed by atoms with Gasteiger partial charge in [0.25, 0.3) is 5.91 Å². The Kier molecular flexibility index (Phi) is 5.66. The Balaban J connectivity index is 1.53. The molecular weight excluding hydrogens is 402 g/mol. The zero-order valence-electron chi connectivity index (χ0n) is 16.7. The fraction of sp³-hybridized carbons (Fsp3) is 0.208. The van der Waals surface area contributed by atoms with Crippen LogP contribution in [0.3, 0.4) is 0 Å². The number of amides is 1. The van der Waals surface area contributed by atoms with Gasteiger partial charge in [-0.3, -0.25) is 4.79 Å². The number of rotatable bonds is 6. The van der Waals surface area contributed by atoms with E-state index >= 15 is 0 Å². The molecule has 0 saturated carbocycles. The number of halogens is 1. The Morgan fingerprint density at radius 2 is 1.83 bits per heavy atom. The van der Waals surface area contributed by atoms with E-state index in [-0.39, 0.29) is 24.2 Å². The number of aliphatic hydroxyl groups is 1. The number of carbonyl (C=O) groups is 1. The molecule has 154 valence electrons. The number of aliphatic hydroxyl groups excluding tert-OH is 1. The van der Waals surface area contributed by atoms with Gasteiger partial charge in [0.2, 0.25) is 0 Å². The molecule has 0 aliphatic rings. The minimum atomic E-state index is -0.339. The van der Waals surface area contributed by atoms with Gasteiger partial charge in [-0.2, -0.15) is 0 Å². The van der Waals surface area contributed by atoms with Gasteiger partial charge in [0.05, 0.1) is 6.61 Å². The van der Waals surface area contributed by atoms with Crippen LogP contribution in [-0.2, 0) is 13.0 Å². The maximum atomic E-state index is 12.5. The highest BCUT2D eigenvalue weighted by atomic mass is 35.5. The Bertz CT molecular complexity index is 1190. The average Bonchev–Trinajstić information content (AvgIpc) is 3.36. The molecule has 4 rings (SSSR count). The van der Waals surface area contributed by atoms with Crippen molar-refractivity contribution in [1.29, 1.82) is 0 Å². The van der Waals surface area contributed by atoms with Crippen LogP contribution in [0.1, 0.15) is 53.0 Å². The van der Waals surface area contributed by atoms with Crippen LogP contribution >= 0.6 is 11.6 Å². The summed E-state index contributed by atoms with van der Waals surface area (Å²) in [5, 5.41) is 13.5. The van der Waals surface area contributed by atoms with Crippen LogP contribution in [0.5, 0.6) is 0 Å². The van der Waals surface area contributed by atoms with Crippen molar-refractivity contribution in [2.45, 2.75) is 32.8 Å². The number of nitrogens with one attached hydrogen (secondary N) is 1. The van der Waals surface area contributed by atoms with Crippen LogP contribution < -0.4 is 5.32 Å². The van der Waals surface area contributed by atoms with Gasteiger partial charge in [0.15, 0.2) is 5.76 Å². The lowest BCUT2D eigenvalue weighted by Crippen LogP contribution is -2.10. The molecule has 0 aliphatic carbocycles. The Morgan fingerprint density at radius 1 is 1.07 bits per heavy atom. The van der Waals surface area contributed by atoms with Crippen molar-refractivity contribution < 1.29 is 18.7 Å². The fourth-order valence-corrected chi connectivity index (χ4v) is 3.54. The lowest BCUT2D eigenvalue weighted by molar-refractivity contribution is 0.0995. The molecule has 4 aromatic rings. The molecule has 2 aromatic carbocycles. The zero-order valence-corrected chi connectivity index (χ0v) is 17.5. The van der Waals surface area contributed by atoms with Crippen LogP contribution in [-0.4, -0.2) is 11.0 Å². The molecule has 0 saturated heterocycles. The molecule has 0 bridgehead atoms. The van der Waals surface area contributed by atoms with Crippen molar-refractivity contribution in [1.82, 2.24) is 0 Å². The molecule has 2 N–H and O–H groups in total. The SMILES string of the molecule is CC(C)c1cc2cc(Cl)cc(Cc3ccc(C(=O)Nc4ccc(CO)cc4)o3)c2o1. The molecule has 0 unspecified atom stereocenters. The van der Waals surface area contributed by atoms with E-state index in [1.54, 1.807) is 36.4 Å². The Morgan fingerprint density at radius 3 is 2.53 bits per heavy atom. The molecule has 0 atom stereocenters. The topological polar surface area (TPSA) is 75.6 Å². The number of carbonyl (C=O) groups excluding carboxylic acids is 1. The normalized spacial score (nSPS) is 11.4. The Hall–Kier alpha value is -3.02. The van der Waals surface area contributed by atoms with Gasteiger partial charge >= 0.3 is 0 Å². The number of hydrogen-bond donors (Lipinski definition) is 2. The smallest absolute Gasteiger partial charge is 0.291 e. The van der Waals surface area contributed by atoms with Gasteiger partial charge in [-0.1, -0.05) is 37.6 Å². The molecule has 2 heterocycles. The molecule has 30 heavy (non-hydrogen) atoms. The van der Waals surface area contributed by atoms with Crippen molar-refractivity contribution in [3.05, 3.63) is 88.0 Å². The van der Waals surface area contributed by atoms with Crippen LogP contribution in [0.15, 0.2) is 63.4 Å². The van der Waals surface area contributed by atoms with Gasteiger partial charge < -0.3 is 19.3 Å². The maximum absolute atomic E-state index is 12.5. The monoisotopic (exact) mass is 423 g/mol. The van der Waals surface area contributed by atoms with Crippen LogP contribution in [0.2, 0.25) is 5.02 Å². The van der Waals surface area contributed by atoms with E-state index in [1.807, 2.05) is 18.2 Å². The van der Waals surface area contributed by atoms with Gasteiger partial charge in [0, 0.05) is 34.0 Å². The molecule has 5 nitrogen and oxygen atoms in total. The van der Waals surface area contributed by atoms with Crippen LogP contribution in [0.25, 0.3) is 11.0 Å². The minimum absolute atomic E-state index is 0.0408. The minimum Gasteiger partial charge on any atom is -0.461 e. The summed E-state index contributed by atoms with van der Waals surface area (Å²) in [6.45, 7) is 4.11. The quantitative estimate of drug-likeness (QED) is 0.390. The van der Waals surface area contributed by atoms with E-state index in [0.29, 0.717) is 22.9 Å². The number of hydrogen-bond acceptors (Lipinski definition) is 4. The number of fused-ring (bicyclic) bond motifs is 1. The lowest BCUT2D eigenvalue weighted by atomic mass is 10.1. The van der Waals surface area contributed by atoms with Crippen molar-refractivity contribution in [2.75, 3.05) is 5.32 Å². The first-order valence-electron chi connectivity index (χ1n) is 9.74.